The lowest BCUT2D eigenvalue weighted by Gasteiger charge is -2.12. The molecule has 0 spiro atoms. The molecule has 0 radical (unpaired) electrons. The molecule has 0 rings (SSSR count). The van der Waals surface area contributed by atoms with Crippen LogP contribution in [0.4, 0.5) is 0 Å². The molecule has 0 saturated heterocycles. The Morgan fingerprint density at radius 2 is 0.636 bits per heavy atom. The summed E-state index contributed by atoms with van der Waals surface area (Å²) in [6.45, 7) is 7.53. The highest BCUT2D eigenvalue weighted by atomic mass is 16.4. The van der Waals surface area contributed by atoms with Gasteiger partial charge in [-0.25, -0.2) is 4.79 Å². The third kappa shape index (κ3) is 42.8. The van der Waals surface area contributed by atoms with Gasteiger partial charge in [0.15, 0.2) is 0 Å². The van der Waals surface area contributed by atoms with Gasteiger partial charge in [0.05, 0.1) is 5.92 Å². The third-order valence-electron chi connectivity index (χ3n) is 8.84. The van der Waals surface area contributed by atoms with E-state index in [1.807, 2.05) is 0 Å². The van der Waals surface area contributed by atoms with Crippen LogP contribution in [-0.4, -0.2) is 22.2 Å². The van der Waals surface area contributed by atoms with Gasteiger partial charge in [-0.1, -0.05) is 213 Å². The van der Waals surface area contributed by atoms with Crippen molar-refractivity contribution in [3.63, 3.8) is 0 Å². The molecule has 0 heterocycles. The summed E-state index contributed by atoms with van der Waals surface area (Å²) >= 11 is 0. The minimum absolute atomic E-state index is 0. The van der Waals surface area contributed by atoms with E-state index >= 15 is 0 Å². The molecular formula is C39H79NO4. The number of carboxylic acids is 2. The number of carboxylic acid groups (broad SMARTS) is 2. The second-order valence-electron chi connectivity index (χ2n) is 13.1. The lowest BCUT2D eigenvalue weighted by atomic mass is 9.94. The van der Waals surface area contributed by atoms with E-state index < -0.39 is 11.9 Å². The van der Waals surface area contributed by atoms with Crippen molar-refractivity contribution in [2.24, 2.45) is 5.92 Å². The van der Waals surface area contributed by atoms with E-state index in [1.54, 1.807) is 0 Å². The molecular weight excluding hydrogens is 546 g/mol. The normalized spacial score (nSPS) is 11.3. The molecule has 0 aliphatic rings. The molecule has 264 valence electrons. The van der Waals surface area contributed by atoms with E-state index in [2.05, 4.69) is 20.4 Å². The van der Waals surface area contributed by atoms with Gasteiger partial charge in [-0.2, -0.15) is 0 Å². The number of carbonyl (C=O) groups is 2. The highest BCUT2D eigenvalue weighted by Gasteiger charge is 2.16. The third-order valence-corrected chi connectivity index (χ3v) is 8.84. The van der Waals surface area contributed by atoms with Crippen LogP contribution in [-0.2, 0) is 9.59 Å². The van der Waals surface area contributed by atoms with Crippen molar-refractivity contribution in [1.82, 2.24) is 6.15 Å². The van der Waals surface area contributed by atoms with E-state index in [0.29, 0.717) is 0 Å². The van der Waals surface area contributed by atoms with Gasteiger partial charge in [-0.05, 0) is 12.8 Å². The van der Waals surface area contributed by atoms with Crippen LogP contribution in [0, 0.1) is 5.92 Å². The summed E-state index contributed by atoms with van der Waals surface area (Å²) in [4.78, 5) is 20.9. The van der Waals surface area contributed by atoms with Crippen LogP contribution >= 0.6 is 0 Å². The minimum Gasteiger partial charge on any atom is -0.481 e. The van der Waals surface area contributed by atoms with Crippen molar-refractivity contribution in [1.29, 1.82) is 0 Å². The summed E-state index contributed by atoms with van der Waals surface area (Å²) in [5.41, 5.74) is 0. The number of unbranched alkanes of at least 4 members (excludes halogenated alkanes) is 28. The van der Waals surface area contributed by atoms with Crippen LogP contribution in [0.3, 0.4) is 0 Å². The number of hydrogen-bond acceptors (Lipinski definition) is 3. The maximum Gasteiger partial charge on any atom is 0.327 e. The Kier molecular flexibility index (Phi) is 44.5. The highest BCUT2D eigenvalue weighted by Crippen LogP contribution is 2.20. The van der Waals surface area contributed by atoms with Gasteiger partial charge in [0.25, 0.3) is 0 Å². The fraction of sp³-hybridized carbons (Fsp3) is 0.897. The zero-order valence-corrected chi connectivity index (χ0v) is 29.9. The molecule has 0 bridgehead atoms. The first-order valence-electron chi connectivity index (χ1n) is 19.1. The fourth-order valence-electron chi connectivity index (χ4n) is 5.92. The molecule has 1 unspecified atom stereocenters. The second kappa shape index (κ2) is 41.6. The van der Waals surface area contributed by atoms with E-state index in [-0.39, 0.29) is 12.1 Å². The van der Waals surface area contributed by atoms with Crippen LogP contribution in [0.15, 0.2) is 12.7 Å². The monoisotopic (exact) mass is 626 g/mol. The summed E-state index contributed by atoms with van der Waals surface area (Å²) < 4.78 is 0. The van der Waals surface area contributed by atoms with Gasteiger partial charge in [0.2, 0.25) is 0 Å². The smallest absolute Gasteiger partial charge is 0.327 e. The molecule has 44 heavy (non-hydrogen) atoms. The number of aliphatic carboxylic acids is 2. The van der Waals surface area contributed by atoms with Crippen LogP contribution < -0.4 is 6.15 Å². The second-order valence-corrected chi connectivity index (χ2v) is 13.1. The molecule has 5 nitrogen and oxygen atoms in total. The molecule has 0 aromatic carbocycles. The van der Waals surface area contributed by atoms with Crippen molar-refractivity contribution in [2.75, 3.05) is 0 Å². The van der Waals surface area contributed by atoms with Crippen LogP contribution in [0.2, 0.25) is 0 Å². The topological polar surface area (TPSA) is 110 Å². The minimum atomic E-state index is -0.981. The van der Waals surface area contributed by atoms with Crippen molar-refractivity contribution >= 4 is 11.9 Å². The van der Waals surface area contributed by atoms with Gasteiger partial charge < -0.3 is 16.4 Å². The van der Waals surface area contributed by atoms with Crippen LogP contribution in [0.1, 0.15) is 219 Å². The molecule has 5 heteroatoms. The van der Waals surface area contributed by atoms with E-state index in [0.717, 1.165) is 31.8 Å². The Morgan fingerprint density at radius 1 is 0.455 bits per heavy atom. The first-order chi connectivity index (χ1) is 21.0. The van der Waals surface area contributed by atoms with E-state index in [1.165, 1.54) is 180 Å². The maximum atomic E-state index is 11.7. The largest absolute Gasteiger partial charge is 0.481 e. The Labute approximate surface area is 275 Å². The average molecular weight is 626 g/mol. The number of rotatable bonds is 34. The maximum absolute atomic E-state index is 11.7. The highest BCUT2D eigenvalue weighted by molar-refractivity contribution is 5.78. The molecule has 0 aromatic rings. The molecule has 0 aliphatic heterocycles. The standard InChI is InChI=1S/C36H72O2.C3H4O2.H3N/c1-3-5-7-9-11-13-15-17-19-20-22-24-26-28-30-32-34-35(36(37)38)33-31-29-27-25-23-21-18-16-14-12-10-8-6-4-2;1-2-3(4)5;/h35H,3-34H2,1-2H3,(H,37,38);2H,1H2,(H,4,5);1H3. The van der Waals surface area contributed by atoms with Crippen molar-refractivity contribution in [2.45, 2.75) is 219 Å². The summed E-state index contributed by atoms with van der Waals surface area (Å²) in [6.07, 6.45) is 43.7. The molecule has 0 saturated carbocycles. The first-order valence-corrected chi connectivity index (χ1v) is 19.1. The van der Waals surface area contributed by atoms with Crippen LogP contribution in [0.5, 0.6) is 0 Å². The van der Waals surface area contributed by atoms with E-state index in [9.17, 15) is 14.7 Å². The molecule has 0 fully saturated rings. The van der Waals surface area contributed by atoms with Gasteiger partial charge in [0, 0.05) is 6.08 Å². The zero-order chi connectivity index (χ0) is 32.1. The van der Waals surface area contributed by atoms with Crippen molar-refractivity contribution in [3.8, 4) is 0 Å². The molecule has 5 N–H and O–H groups in total. The summed E-state index contributed by atoms with van der Waals surface area (Å²) in [5, 5.41) is 17.2. The Bertz CT molecular complexity index is 580. The Hall–Kier alpha value is -1.36. The Morgan fingerprint density at radius 3 is 0.795 bits per heavy atom. The van der Waals surface area contributed by atoms with Gasteiger partial charge in [-0.3, -0.25) is 4.79 Å². The summed E-state index contributed by atoms with van der Waals surface area (Å²) in [5.74, 6) is -1.63. The quantitative estimate of drug-likeness (QED) is 0.0486. The number of hydrogen-bond donors (Lipinski definition) is 3. The predicted octanol–water partition coefficient (Wildman–Crippen LogP) is 13.6. The SMILES string of the molecule is C=CC(=O)O.CCCCCCCCCCCCCCCCCCC(CCCCCCCCCCCCCCCC)C(=O)O.N. The Balaban J connectivity index is -0.00000257. The average Bonchev–Trinajstić information content (AvgIpc) is 3.00. The fourth-order valence-corrected chi connectivity index (χ4v) is 5.92. The van der Waals surface area contributed by atoms with Gasteiger partial charge in [0.1, 0.15) is 0 Å². The van der Waals surface area contributed by atoms with Gasteiger partial charge >= 0.3 is 11.9 Å². The van der Waals surface area contributed by atoms with Crippen molar-refractivity contribution in [3.05, 3.63) is 12.7 Å². The predicted molar refractivity (Wildman–Crippen MR) is 193 cm³/mol. The molecule has 0 aliphatic carbocycles. The first kappa shape index (κ1) is 47.1. The summed E-state index contributed by atoms with van der Waals surface area (Å²) in [6, 6.07) is 0. The van der Waals surface area contributed by atoms with Gasteiger partial charge in [-0.15, -0.1) is 0 Å². The summed E-state index contributed by atoms with van der Waals surface area (Å²) in [7, 11) is 0. The van der Waals surface area contributed by atoms with E-state index in [4.69, 9.17) is 5.11 Å². The molecule has 1 atom stereocenters. The van der Waals surface area contributed by atoms with Crippen LogP contribution in [0.25, 0.3) is 0 Å². The zero-order valence-electron chi connectivity index (χ0n) is 29.9. The van der Waals surface area contributed by atoms with Crippen molar-refractivity contribution < 1.29 is 19.8 Å². The lowest BCUT2D eigenvalue weighted by molar-refractivity contribution is -0.142. The molecule has 0 amide bonds. The lowest BCUT2D eigenvalue weighted by Crippen LogP contribution is -2.13. The molecule has 0 aromatic heterocycles.